The van der Waals surface area contributed by atoms with Crippen LogP contribution < -0.4 is 5.32 Å². The highest BCUT2D eigenvalue weighted by Gasteiger charge is 2.16. The summed E-state index contributed by atoms with van der Waals surface area (Å²) in [5, 5.41) is 3.22. The standard InChI is InChI=1S/C19H26ClNO5S.C2H6/c1-13(2)18(22)24-10-9-21-19(23)26-16(11-25-14(3)4)12-27-17-7-5-15(20)6-8-17;1-2/h5-8,14,16H,1,9-12H2,2-4H3,(H,21,23);1-2H3. The van der Waals surface area contributed by atoms with Crippen LogP contribution in [0.1, 0.15) is 34.6 Å². The number of benzene rings is 1. The van der Waals surface area contributed by atoms with Gasteiger partial charge >= 0.3 is 12.1 Å². The molecule has 8 heteroatoms. The van der Waals surface area contributed by atoms with Crippen molar-refractivity contribution in [3.63, 3.8) is 0 Å². The number of halogens is 1. The van der Waals surface area contributed by atoms with Crippen molar-refractivity contribution in [2.45, 2.75) is 51.7 Å². The number of ether oxygens (including phenoxy) is 3. The van der Waals surface area contributed by atoms with Gasteiger partial charge in [0.25, 0.3) is 0 Å². The lowest BCUT2D eigenvalue weighted by atomic mass is 10.4. The van der Waals surface area contributed by atoms with Crippen molar-refractivity contribution in [2.24, 2.45) is 0 Å². The molecule has 0 heterocycles. The van der Waals surface area contributed by atoms with Gasteiger partial charge in [0.05, 0.1) is 19.3 Å². The van der Waals surface area contributed by atoms with E-state index in [4.69, 9.17) is 25.8 Å². The van der Waals surface area contributed by atoms with E-state index >= 15 is 0 Å². The molecule has 1 rings (SSSR count). The number of rotatable bonds is 11. The highest BCUT2D eigenvalue weighted by molar-refractivity contribution is 7.99. The second kappa shape index (κ2) is 16.1. The lowest BCUT2D eigenvalue weighted by Gasteiger charge is -2.19. The maximum atomic E-state index is 12.0. The zero-order valence-corrected chi connectivity index (χ0v) is 19.4. The minimum absolute atomic E-state index is 0.0289. The first-order valence-corrected chi connectivity index (χ1v) is 10.9. The van der Waals surface area contributed by atoms with Gasteiger partial charge in [-0.25, -0.2) is 9.59 Å². The van der Waals surface area contributed by atoms with E-state index in [-0.39, 0.29) is 25.9 Å². The molecule has 1 aromatic rings. The topological polar surface area (TPSA) is 73.9 Å². The Balaban J connectivity index is 0.00000379. The molecule has 29 heavy (non-hydrogen) atoms. The maximum Gasteiger partial charge on any atom is 0.407 e. The molecule has 1 aromatic carbocycles. The van der Waals surface area contributed by atoms with Crippen LogP contribution in [0.3, 0.4) is 0 Å². The summed E-state index contributed by atoms with van der Waals surface area (Å²) in [4.78, 5) is 24.2. The lowest BCUT2D eigenvalue weighted by molar-refractivity contribution is -0.138. The average molecular weight is 446 g/mol. The number of thioether (sulfide) groups is 1. The van der Waals surface area contributed by atoms with Crippen LogP contribution in [-0.2, 0) is 19.0 Å². The number of hydrogen-bond donors (Lipinski definition) is 1. The third-order valence-corrected chi connectivity index (χ3v) is 4.49. The van der Waals surface area contributed by atoms with Crippen LogP contribution in [0, 0.1) is 0 Å². The van der Waals surface area contributed by atoms with Crippen molar-refractivity contribution in [1.29, 1.82) is 0 Å². The zero-order chi connectivity index (χ0) is 22.2. The number of hydrogen-bond acceptors (Lipinski definition) is 6. The fraction of sp³-hybridized carbons (Fsp3) is 0.524. The summed E-state index contributed by atoms with van der Waals surface area (Å²) in [6.07, 6.45) is -0.984. The predicted molar refractivity (Wildman–Crippen MR) is 119 cm³/mol. The van der Waals surface area contributed by atoms with Gasteiger partial charge in [-0.15, -0.1) is 11.8 Å². The molecule has 0 saturated heterocycles. The molecule has 164 valence electrons. The predicted octanol–water partition coefficient (Wildman–Crippen LogP) is 5.10. The molecule has 0 spiro atoms. The summed E-state index contributed by atoms with van der Waals surface area (Å²) in [6.45, 7) is 13.4. The van der Waals surface area contributed by atoms with Crippen LogP contribution in [0.15, 0.2) is 41.3 Å². The molecular formula is C21H32ClNO5S. The Hall–Kier alpha value is -1.70. The largest absolute Gasteiger partial charge is 0.460 e. The van der Waals surface area contributed by atoms with E-state index in [0.29, 0.717) is 16.3 Å². The maximum absolute atomic E-state index is 12.0. The minimum atomic E-state index is -0.588. The summed E-state index contributed by atoms with van der Waals surface area (Å²) in [5.74, 6) is 0.0413. The molecule has 0 aromatic heterocycles. The number of esters is 1. The monoisotopic (exact) mass is 445 g/mol. The molecule has 0 aliphatic heterocycles. The Morgan fingerprint density at radius 1 is 1.21 bits per heavy atom. The molecular weight excluding hydrogens is 414 g/mol. The lowest BCUT2D eigenvalue weighted by Crippen LogP contribution is -2.35. The van der Waals surface area contributed by atoms with Crippen molar-refractivity contribution < 1.29 is 23.8 Å². The number of nitrogens with one attached hydrogen (secondary N) is 1. The first-order chi connectivity index (χ1) is 13.8. The number of alkyl carbamates (subject to hydrolysis) is 1. The fourth-order valence-corrected chi connectivity index (χ4v) is 2.75. The Labute approximate surface area is 183 Å². The molecule has 1 amide bonds. The van der Waals surface area contributed by atoms with Gasteiger partial charge in [0.1, 0.15) is 12.7 Å². The third-order valence-electron chi connectivity index (χ3n) is 3.09. The van der Waals surface area contributed by atoms with Gasteiger partial charge in [0, 0.05) is 21.2 Å². The summed E-state index contributed by atoms with van der Waals surface area (Å²) in [7, 11) is 0. The molecule has 6 nitrogen and oxygen atoms in total. The number of amides is 1. The second-order valence-electron chi connectivity index (χ2n) is 6.02. The van der Waals surface area contributed by atoms with E-state index in [1.165, 1.54) is 0 Å². The van der Waals surface area contributed by atoms with Gasteiger partial charge in [-0.3, -0.25) is 0 Å². The smallest absolute Gasteiger partial charge is 0.407 e. The van der Waals surface area contributed by atoms with Gasteiger partial charge in [-0.2, -0.15) is 0 Å². The Morgan fingerprint density at radius 2 is 1.83 bits per heavy atom. The van der Waals surface area contributed by atoms with Crippen molar-refractivity contribution in [3.05, 3.63) is 41.4 Å². The molecule has 1 N–H and O–H groups in total. The first-order valence-electron chi connectivity index (χ1n) is 9.55. The third kappa shape index (κ3) is 14.0. The van der Waals surface area contributed by atoms with Gasteiger partial charge in [-0.05, 0) is 45.0 Å². The van der Waals surface area contributed by atoms with E-state index in [1.54, 1.807) is 18.7 Å². The molecule has 0 saturated carbocycles. The van der Waals surface area contributed by atoms with E-state index in [2.05, 4.69) is 11.9 Å². The van der Waals surface area contributed by atoms with E-state index in [0.717, 1.165) is 4.90 Å². The number of carbonyl (C=O) groups excluding carboxylic acids is 2. The summed E-state index contributed by atoms with van der Waals surface area (Å²) in [6, 6.07) is 7.43. The zero-order valence-electron chi connectivity index (χ0n) is 17.8. The summed E-state index contributed by atoms with van der Waals surface area (Å²) in [5.41, 5.74) is 0.308. The molecule has 0 fully saturated rings. The Bertz CT molecular complexity index is 622. The molecule has 1 atom stereocenters. The van der Waals surface area contributed by atoms with E-state index in [9.17, 15) is 9.59 Å². The molecule has 0 radical (unpaired) electrons. The van der Waals surface area contributed by atoms with Crippen molar-refractivity contribution in [3.8, 4) is 0 Å². The van der Waals surface area contributed by atoms with Crippen LogP contribution in [0.4, 0.5) is 4.79 Å². The van der Waals surface area contributed by atoms with Crippen molar-refractivity contribution >= 4 is 35.4 Å². The van der Waals surface area contributed by atoms with Crippen molar-refractivity contribution in [1.82, 2.24) is 5.32 Å². The van der Waals surface area contributed by atoms with Crippen LogP contribution in [0.2, 0.25) is 5.02 Å². The van der Waals surface area contributed by atoms with Crippen LogP contribution >= 0.6 is 23.4 Å². The van der Waals surface area contributed by atoms with Crippen LogP contribution in [0.5, 0.6) is 0 Å². The van der Waals surface area contributed by atoms with Gasteiger partial charge in [-0.1, -0.05) is 32.0 Å². The highest BCUT2D eigenvalue weighted by atomic mass is 35.5. The Kier molecular flexibility index (Phi) is 15.2. The molecule has 1 unspecified atom stereocenters. The minimum Gasteiger partial charge on any atom is -0.460 e. The summed E-state index contributed by atoms with van der Waals surface area (Å²) >= 11 is 7.43. The van der Waals surface area contributed by atoms with Gasteiger partial charge in [0.15, 0.2) is 0 Å². The second-order valence-corrected chi connectivity index (χ2v) is 7.55. The number of carbonyl (C=O) groups is 2. The Morgan fingerprint density at radius 3 is 2.38 bits per heavy atom. The molecule has 0 aliphatic rings. The van der Waals surface area contributed by atoms with Gasteiger partial charge < -0.3 is 19.5 Å². The van der Waals surface area contributed by atoms with Crippen LogP contribution in [-0.4, -0.2) is 49.8 Å². The van der Waals surface area contributed by atoms with Crippen molar-refractivity contribution in [2.75, 3.05) is 25.5 Å². The molecule has 0 bridgehead atoms. The first kappa shape index (κ1) is 27.3. The van der Waals surface area contributed by atoms with Crippen LogP contribution in [0.25, 0.3) is 0 Å². The summed E-state index contributed by atoms with van der Waals surface area (Å²) < 4.78 is 15.9. The van der Waals surface area contributed by atoms with Gasteiger partial charge in [0.2, 0.25) is 0 Å². The quantitative estimate of drug-likeness (QED) is 0.221. The van der Waals surface area contributed by atoms with E-state index < -0.39 is 18.2 Å². The average Bonchev–Trinajstić information content (AvgIpc) is 2.69. The molecule has 0 aliphatic carbocycles. The normalized spacial score (nSPS) is 11.1. The SMILES string of the molecule is C=C(C)C(=O)OCCNC(=O)OC(COC(C)C)CSc1ccc(Cl)cc1.CC. The fourth-order valence-electron chi connectivity index (χ4n) is 1.75. The highest BCUT2D eigenvalue weighted by Crippen LogP contribution is 2.22. The van der Waals surface area contributed by atoms with E-state index in [1.807, 2.05) is 52.0 Å².